The Kier molecular flexibility index (Phi) is 6.60. The van der Waals surface area contributed by atoms with Gasteiger partial charge in [0.1, 0.15) is 35.9 Å². The predicted molar refractivity (Wildman–Crippen MR) is 110 cm³/mol. The zero-order valence-electron chi connectivity index (χ0n) is 16.2. The summed E-state index contributed by atoms with van der Waals surface area (Å²) >= 11 is 6.12. The molecular formula is C17H19ClN5O8P. The summed E-state index contributed by atoms with van der Waals surface area (Å²) in [6.45, 7) is -0.414. The predicted octanol–water partition coefficient (Wildman–Crippen LogP) is 0.553. The number of benzene rings is 1. The van der Waals surface area contributed by atoms with Gasteiger partial charge in [0.05, 0.1) is 12.9 Å². The molecule has 6 N–H and O–H groups in total. The molecule has 4 rings (SSSR count). The molecule has 172 valence electrons. The summed E-state index contributed by atoms with van der Waals surface area (Å²) in [6.07, 6.45) is -2.61. The average molecular weight is 488 g/mol. The number of phosphoric acid groups is 1. The largest absolute Gasteiger partial charge is 0.469 e. The summed E-state index contributed by atoms with van der Waals surface area (Å²) in [6, 6.07) is 4.78. The number of hydrogen-bond acceptors (Lipinski definition) is 10. The number of hydrogen-bond donors (Lipinski definition) is 6. The molecule has 2 aromatic heterocycles. The quantitative estimate of drug-likeness (QED) is 0.242. The minimum absolute atomic E-state index is 0.219. The van der Waals surface area contributed by atoms with E-state index in [9.17, 15) is 14.8 Å². The summed E-state index contributed by atoms with van der Waals surface area (Å²) in [5, 5.41) is 23.9. The second-order valence-corrected chi connectivity index (χ2v) is 8.53. The summed E-state index contributed by atoms with van der Waals surface area (Å²) in [7, 11) is -4.77. The van der Waals surface area contributed by atoms with Gasteiger partial charge >= 0.3 is 7.82 Å². The van der Waals surface area contributed by atoms with Crippen LogP contribution in [0.25, 0.3) is 11.2 Å². The van der Waals surface area contributed by atoms with E-state index in [-0.39, 0.29) is 6.54 Å². The molecule has 0 aliphatic carbocycles. The van der Waals surface area contributed by atoms with Crippen molar-refractivity contribution in [1.29, 1.82) is 0 Å². The van der Waals surface area contributed by atoms with Gasteiger partial charge in [0.25, 0.3) is 0 Å². The number of nitrogens with one attached hydrogen (secondary N) is 2. The maximum Gasteiger partial charge on any atom is 0.469 e. The van der Waals surface area contributed by atoms with E-state index < -0.39 is 39.0 Å². The number of imidazole rings is 1. The molecule has 0 radical (unpaired) electrons. The van der Waals surface area contributed by atoms with Crippen molar-refractivity contribution in [2.45, 2.75) is 31.1 Å². The Morgan fingerprint density at radius 1 is 1.22 bits per heavy atom. The van der Waals surface area contributed by atoms with E-state index in [1.165, 1.54) is 12.7 Å². The van der Waals surface area contributed by atoms with Crippen LogP contribution < -0.4 is 10.1 Å². The van der Waals surface area contributed by atoms with Gasteiger partial charge in [-0.05, 0) is 18.2 Å². The monoisotopic (exact) mass is 487 g/mol. The molecule has 1 unspecified atom stereocenters. The van der Waals surface area contributed by atoms with Crippen LogP contribution in [0.2, 0.25) is 5.02 Å². The fourth-order valence-electron chi connectivity index (χ4n) is 3.12. The van der Waals surface area contributed by atoms with Crippen LogP contribution >= 0.6 is 19.4 Å². The van der Waals surface area contributed by atoms with E-state index in [1.54, 1.807) is 18.2 Å². The van der Waals surface area contributed by atoms with Crippen molar-refractivity contribution in [2.75, 3.05) is 11.9 Å². The van der Waals surface area contributed by atoms with Crippen LogP contribution in [0, 0.1) is 0 Å². The number of aliphatic hydroxyl groups is 2. The Morgan fingerprint density at radius 3 is 2.81 bits per heavy atom. The third-order valence-corrected chi connectivity index (χ3v) is 5.38. The number of phosphoric ester groups is 1. The third kappa shape index (κ3) is 5.17. The number of H-pyrrole nitrogens is 1. The zero-order chi connectivity index (χ0) is 22.9. The molecule has 1 aliphatic heterocycles. The number of aliphatic hydroxyl groups excluding tert-OH is 2. The van der Waals surface area contributed by atoms with Gasteiger partial charge in [0.15, 0.2) is 11.5 Å². The number of nitrogens with zero attached hydrogens (tertiary/aromatic N) is 3. The number of halogens is 1. The minimum atomic E-state index is -4.77. The van der Waals surface area contributed by atoms with Crippen molar-refractivity contribution >= 4 is 36.4 Å². The summed E-state index contributed by atoms with van der Waals surface area (Å²) < 4.78 is 26.4. The van der Waals surface area contributed by atoms with Crippen LogP contribution in [0.15, 0.2) is 30.9 Å². The lowest BCUT2D eigenvalue weighted by Gasteiger charge is -2.20. The number of ether oxygens (including phenoxy) is 2. The molecule has 0 saturated carbocycles. The van der Waals surface area contributed by atoms with Crippen molar-refractivity contribution in [1.82, 2.24) is 19.9 Å². The van der Waals surface area contributed by atoms with Crippen LogP contribution in [0.3, 0.4) is 0 Å². The number of aromatic amines is 1. The molecule has 3 heterocycles. The van der Waals surface area contributed by atoms with Gasteiger partial charge in [-0.1, -0.05) is 11.6 Å². The molecule has 0 amide bonds. The van der Waals surface area contributed by atoms with Crippen LogP contribution in [-0.4, -0.2) is 71.1 Å². The Labute approximate surface area is 185 Å². The Bertz CT molecular complexity index is 1140. The van der Waals surface area contributed by atoms with Crippen LogP contribution in [0.4, 0.5) is 5.82 Å². The normalized spacial score (nSPS) is 23.5. The molecule has 0 bridgehead atoms. The minimum Gasteiger partial charge on any atom is -0.462 e. The maximum absolute atomic E-state index is 10.9. The number of anilines is 1. The Balaban J connectivity index is 1.47. The zero-order valence-corrected chi connectivity index (χ0v) is 17.8. The van der Waals surface area contributed by atoms with Crippen LogP contribution in [-0.2, 0) is 20.4 Å². The van der Waals surface area contributed by atoms with Crippen molar-refractivity contribution < 1.29 is 38.6 Å². The summed E-state index contributed by atoms with van der Waals surface area (Å²) in [5.74, 6) is 0.797. The molecule has 13 nitrogen and oxygen atoms in total. The van der Waals surface area contributed by atoms with Crippen molar-refractivity contribution in [3.63, 3.8) is 0 Å². The first-order chi connectivity index (χ1) is 15.2. The van der Waals surface area contributed by atoms with Crippen molar-refractivity contribution in [3.05, 3.63) is 41.4 Å². The van der Waals surface area contributed by atoms with Crippen molar-refractivity contribution in [3.8, 4) is 5.75 Å². The van der Waals surface area contributed by atoms with Crippen LogP contribution in [0.1, 0.15) is 5.56 Å². The second kappa shape index (κ2) is 9.25. The first-order valence-electron chi connectivity index (χ1n) is 9.26. The van der Waals surface area contributed by atoms with E-state index in [0.29, 0.717) is 33.3 Å². The first-order valence-corrected chi connectivity index (χ1v) is 11.2. The molecule has 1 saturated heterocycles. The van der Waals surface area contributed by atoms with Gasteiger partial charge in [-0.2, -0.15) is 0 Å². The van der Waals surface area contributed by atoms with E-state index in [4.69, 9.17) is 30.9 Å². The lowest BCUT2D eigenvalue weighted by Crippen LogP contribution is -2.36. The van der Waals surface area contributed by atoms with Gasteiger partial charge in [0.2, 0.25) is 6.29 Å². The highest BCUT2D eigenvalue weighted by Crippen LogP contribution is 2.37. The molecule has 1 fully saturated rings. The average Bonchev–Trinajstić information content (AvgIpc) is 3.32. The lowest BCUT2D eigenvalue weighted by molar-refractivity contribution is -0.116. The van der Waals surface area contributed by atoms with E-state index in [2.05, 4.69) is 29.8 Å². The lowest BCUT2D eigenvalue weighted by atomic mass is 10.1. The highest BCUT2D eigenvalue weighted by molar-refractivity contribution is 7.46. The number of rotatable bonds is 8. The fraction of sp³-hybridized carbons (Fsp3) is 0.353. The molecular weight excluding hydrogens is 469 g/mol. The topological polar surface area (TPSA) is 192 Å². The Hall–Kier alpha value is -2.35. The molecule has 0 spiro atoms. The highest BCUT2D eigenvalue weighted by Gasteiger charge is 2.45. The first kappa shape index (κ1) is 22.8. The van der Waals surface area contributed by atoms with Gasteiger partial charge in [-0.25, -0.2) is 19.5 Å². The third-order valence-electron chi connectivity index (χ3n) is 4.66. The van der Waals surface area contributed by atoms with E-state index in [1.807, 2.05) is 0 Å². The van der Waals surface area contributed by atoms with Gasteiger partial charge in [-0.3, -0.25) is 4.52 Å². The molecule has 32 heavy (non-hydrogen) atoms. The highest BCUT2D eigenvalue weighted by atomic mass is 35.5. The van der Waals surface area contributed by atoms with Gasteiger partial charge in [0, 0.05) is 17.1 Å². The van der Waals surface area contributed by atoms with E-state index in [0.717, 1.165) is 0 Å². The molecule has 15 heteroatoms. The molecule has 1 aromatic carbocycles. The fourth-order valence-corrected chi connectivity index (χ4v) is 3.66. The van der Waals surface area contributed by atoms with Gasteiger partial charge in [-0.15, -0.1) is 0 Å². The molecule has 1 aliphatic rings. The number of aromatic nitrogens is 4. The standard InChI is InChI=1S/C17H19ClN5O8P/c18-9-1-2-10(30-17-14(25)13(24)11(31-17)5-29-32(26,27)28)8(3-9)4-19-15-12-16(21-6-20-12)23-7-22-15/h1-3,6-7,11,13-14,17,24-25H,4-5H2,(H2,26,27,28)(H2,19,20,21,22,23)/t11-,13-,14-,17?/m1/s1. The Morgan fingerprint density at radius 2 is 2.03 bits per heavy atom. The second-order valence-electron chi connectivity index (χ2n) is 6.86. The molecule has 3 aromatic rings. The maximum atomic E-state index is 10.9. The van der Waals surface area contributed by atoms with Gasteiger partial charge < -0.3 is 39.8 Å². The smallest absolute Gasteiger partial charge is 0.462 e. The number of fused-ring (bicyclic) bond motifs is 1. The van der Waals surface area contributed by atoms with E-state index >= 15 is 0 Å². The summed E-state index contributed by atoms with van der Waals surface area (Å²) in [4.78, 5) is 32.9. The summed E-state index contributed by atoms with van der Waals surface area (Å²) in [5.41, 5.74) is 1.69. The van der Waals surface area contributed by atoms with Crippen molar-refractivity contribution in [2.24, 2.45) is 0 Å². The SMILES string of the molecule is O=P(O)(O)OC[C@H]1OC(Oc2ccc(Cl)cc2CNc2ncnc3nc[nH]c23)[C@H](O)[C@@H]1O. The molecule has 4 atom stereocenters. The van der Waals surface area contributed by atoms with Crippen LogP contribution in [0.5, 0.6) is 5.75 Å².